The number of hydrogen-bond acceptors (Lipinski definition) is 1. The van der Waals surface area contributed by atoms with E-state index >= 15 is 0 Å². The van der Waals surface area contributed by atoms with Crippen LogP contribution in [-0.2, 0) is 12.8 Å². The van der Waals surface area contributed by atoms with Gasteiger partial charge in [-0.05, 0) is 85.3 Å². The quantitative estimate of drug-likeness (QED) is 0.273. The van der Waals surface area contributed by atoms with E-state index in [0.717, 1.165) is 36.5 Å². The topological polar surface area (TPSA) is 9.23 Å². The van der Waals surface area contributed by atoms with E-state index in [-0.39, 0.29) is 5.82 Å². The monoisotopic (exact) mass is 454 g/mol. The summed E-state index contributed by atoms with van der Waals surface area (Å²) >= 11 is 0. The Bertz CT molecular complexity index is 869. The summed E-state index contributed by atoms with van der Waals surface area (Å²) in [4.78, 5) is 0. The molecule has 0 atom stereocenters. The normalized spacial score (nSPS) is 19.2. The van der Waals surface area contributed by atoms with E-state index in [9.17, 15) is 22.0 Å². The number of benzene rings is 2. The fourth-order valence-electron chi connectivity index (χ4n) is 4.67. The summed E-state index contributed by atoms with van der Waals surface area (Å²) in [5.74, 6) is -1.02. The van der Waals surface area contributed by atoms with Crippen molar-refractivity contribution in [3.63, 3.8) is 0 Å². The molecule has 2 aromatic rings. The minimum Gasteiger partial charge on any atom is -0.403 e. The van der Waals surface area contributed by atoms with Crippen LogP contribution in [0.25, 0.3) is 0 Å². The van der Waals surface area contributed by atoms with E-state index < -0.39 is 17.9 Å². The highest BCUT2D eigenvalue weighted by molar-refractivity contribution is 5.32. The van der Waals surface area contributed by atoms with Gasteiger partial charge in [-0.25, -0.2) is 8.78 Å². The van der Waals surface area contributed by atoms with Crippen LogP contribution < -0.4 is 4.74 Å². The highest BCUT2D eigenvalue weighted by Gasteiger charge is 2.32. The zero-order valence-corrected chi connectivity index (χ0v) is 18.5. The van der Waals surface area contributed by atoms with Crippen LogP contribution in [0.2, 0.25) is 0 Å². The number of unbranched alkanes of at least 4 members (excludes halogenated alkanes) is 2. The molecule has 0 aromatic heterocycles. The van der Waals surface area contributed by atoms with Gasteiger partial charge in [-0.1, -0.05) is 50.8 Å². The van der Waals surface area contributed by atoms with Crippen molar-refractivity contribution in [1.82, 2.24) is 0 Å². The lowest BCUT2D eigenvalue weighted by molar-refractivity contribution is -0.275. The summed E-state index contributed by atoms with van der Waals surface area (Å²) in [6.07, 6.45) is 5.48. The largest absolute Gasteiger partial charge is 0.573 e. The second-order valence-corrected chi connectivity index (χ2v) is 8.88. The molecule has 1 aliphatic carbocycles. The molecule has 3 rings (SSSR count). The van der Waals surface area contributed by atoms with Gasteiger partial charge in [-0.15, -0.1) is 13.2 Å². The average molecular weight is 455 g/mol. The van der Waals surface area contributed by atoms with Gasteiger partial charge in [-0.3, -0.25) is 0 Å². The van der Waals surface area contributed by atoms with Crippen molar-refractivity contribution in [2.45, 2.75) is 83.4 Å². The number of alkyl halides is 3. The second kappa shape index (κ2) is 11.2. The maximum absolute atomic E-state index is 14.7. The molecule has 1 nitrogen and oxygen atoms in total. The number of hydrogen-bond donors (Lipinski definition) is 0. The third-order valence-electron chi connectivity index (χ3n) is 6.52. The molecular formula is C26H31F5O. The Morgan fingerprint density at radius 2 is 1.62 bits per heavy atom. The van der Waals surface area contributed by atoms with E-state index in [0.29, 0.717) is 29.9 Å². The summed E-state index contributed by atoms with van der Waals surface area (Å²) in [6.45, 7) is 2.22. The summed E-state index contributed by atoms with van der Waals surface area (Å²) in [7, 11) is 0. The van der Waals surface area contributed by atoms with Gasteiger partial charge in [-0.2, -0.15) is 0 Å². The highest BCUT2D eigenvalue weighted by atomic mass is 19.4. The van der Waals surface area contributed by atoms with Crippen molar-refractivity contribution in [3.05, 3.63) is 64.7 Å². The molecule has 0 saturated heterocycles. The zero-order chi connectivity index (χ0) is 23.1. The first kappa shape index (κ1) is 24.5. The molecule has 6 heteroatoms. The molecule has 1 aliphatic rings. The average Bonchev–Trinajstić information content (AvgIpc) is 2.74. The van der Waals surface area contributed by atoms with Crippen molar-refractivity contribution in [3.8, 4) is 5.75 Å². The third kappa shape index (κ3) is 7.21. The Kier molecular flexibility index (Phi) is 8.55. The minimum absolute atomic E-state index is 0.273. The molecular weight excluding hydrogens is 423 g/mol. The van der Waals surface area contributed by atoms with Gasteiger partial charge in [0.25, 0.3) is 0 Å². The number of aryl methyl sites for hydroxylation is 2. The smallest absolute Gasteiger partial charge is 0.403 e. The van der Waals surface area contributed by atoms with Crippen molar-refractivity contribution in [2.24, 2.45) is 5.92 Å². The van der Waals surface area contributed by atoms with Gasteiger partial charge in [0.2, 0.25) is 0 Å². The van der Waals surface area contributed by atoms with Gasteiger partial charge in [0.15, 0.2) is 11.6 Å². The Morgan fingerprint density at radius 3 is 2.25 bits per heavy atom. The first-order chi connectivity index (χ1) is 15.2. The van der Waals surface area contributed by atoms with Crippen LogP contribution in [0.5, 0.6) is 5.75 Å². The second-order valence-electron chi connectivity index (χ2n) is 8.88. The molecule has 176 valence electrons. The van der Waals surface area contributed by atoms with Crippen LogP contribution in [0.4, 0.5) is 22.0 Å². The lowest BCUT2D eigenvalue weighted by Gasteiger charge is -2.29. The van der Waals surface area contributed by atoms with Gasteiger partial charge >= 0.3 is 6.36 Å². The van der Waals surface area contributed by atoms with Crippen LogP contribution in [0, 0.1) is 17.6 Å². The first-order valence-corrected chi connectivity index (χ1v) is 11.6. The van der Waals surface area contributed by atoms with Crippen LogP contribution in [0.15, 0.2) is 36.4 Å². The van der Waals surface area contributed by atoms with Crippen molar-refractivity contribution < 1.29 is 26.7 Å². The Labute approximate surface area is 187 Å². The molecule has 0 bridgehead atoms. The maximum atomic E-state index is 14.7. The Morgan fingerprint density at radius 1 is 0.875 bits per heavy atom. The fraction of sp³-hybridized carbons (Fsp3) is 0.538. The number of rotatable bonds is 9. The molecule has 32 heavy (non-hydrogen) atoms. The van der Waals surface area contributed by atoms with Crippen LogP contribution >= 0.6 is 0 Å². The molecule has 2 aromatic carbocycles. The molecule has 0 spiro atoms. The summed E-state index contributed by atoms with van der Waals surface area (Å²) in [5.41, 5.74) is 2.05. The number of ether oxygens (including phenoxy) is 1. The van der Waals surface area contributed by atoms with Gasteiger partial charge in [0, 0.05) is 0 Å². The lowest BCUT2D eigenvalue weighted by Crippen LogP contribution is -2.18. The van der Waals surface area contributed by atoms with E-state index in [4.69, 9.17) is 0 Å². The van der Waals surface area contributed by atoms with E-state index in [1.54, 1.807) is 12.1 Å². The van der Waals surface area contributed by atoms with Crippen molar-refractivity contribution >= 4 is 0 Å². The van der Waals surface area contributed by atoms with Crippen LogP contribution in [0.1, 0.15) is 80.9 Å². The summed E-state index contributed by atoms with van der Waals surface area (Å²) in [5, 5.41) is 0. The molecule has 0 aliphatic heterocycles. The van der Waals surface area contributed by atoms with E-state index in [1.807, 2.05) is 6.07 Å². The van der Waals surface area contributed by atoms with Crippen LogP contribution in [-0.4, -0.2) is 6.36 Å². The lowest BCUT2D eigenvalue weighted by atomic mass is 9.77. The molecule has 1 fully saturated rings. The predicted molar refractivity (Wildman–Crippen MR) is 116 cm³/mol. The zero-order valence-electron chi connectivity index (χ0n) is 18.5. The standard InChI is InChI=1S/C26H31F5O/c1-2-3-4-5-18-6-10-20(11-7-18)22-14-13-21(23(27)17-22)12-8-19-9-15-25(24(28)16-19)32-26(29,30)31/h9,13-18,20H,2-8,10-12H2,1H3. The Hall–Kier alpha value is -2.11. The van der Waals surface area contributed by atoms with Gasteiger partial charge < -0.3 is 4.74 Å². The molecule has 0 radical (unpaired) electrons. The third-order valence-corrected chi connectivity index (χ3v) is 6.52. The summed E-state index contributed by atoms with van der Waals surface area (Å²) in [6, 6.07) is 8.73. The maximum Gasteiger partial charge on any atom is 0.573 e. The predicted octanol–water partition coefficient (Wildman–Crippen LogP) is 8.50. The fourth-order valence-corrected chi connectivity index (χ4v) is 4.67. The molecule has 0 unspecified atom stereocenters. The van der Waals surface area contributed by atoms with Gasteiger partial charge in [0.05, 0.1) is 0 Å². The van der Waals surface area contributed by atoms with Crippen LogP contribution in [0.3, 0.4) is 0 Å². The van der Waals surface area contributed by atoms with Crippen molar-refractivity contribution in [2.75, 3.05) is 0 Å². The van der Waals surface area contributed by atoms with Gasteiger partial charge in [0.1, 0.15) is 5.82 Å². The number of halogens is 5. The van der Waals surface area contributed by atoms with E-state index in [1.165, 1.54) is 44.6 Å². The molecule has 0 N–H and O–H groups in total. The minimum atomic E-state index is -4.94. The Balaban J connectivity index is 1.53. The SMILES string of the molecule is CCCCCC1CCC(c2ccc(CCc3ccc(OC(F)(F)F)c(F)c3)c(F)c2)CC1. The van der Waals surface area contributed by atoms with Crippen molar-refractivity contribution in [1.29, 1.82) is 0 Å². The first-order valence-electron chi connectivity index (χ1n) is 11.6. The highest BCUT2D eigenvalue weighted by Crippen LogP contribution is 2.38. The molecule has 1 saturated carbocycles. The van der Waals surface area contributed by atoms with E-state index in [2.05, 4.69) is 11.7 Å². The molecule has 0 heterocycles. The molecule has 0 amide bonds. The summed E-state index contributed by atoms with van der Waals surface area (Å²) < 4.78 is 69.0.